The number of unbranched alkanes of at least 4 members (excludes halogenated alkanes) is 6. The fourth-order valence-corrected chi connectivity index (χ4v) is 1.83. The SMILES string of the molecule is CCCCCCCCCC(=O)OCCC(C)(C)C(=O)O. The second kappa shape index (κ2) is 10.7. The van der Waals surface area contributed by atoms with Crippen molar-refractivity contribution in [3.05, 3.63) is 0 Å². The van der Waals surface area contributed by atoms with Crippen molar-refractivity contribution in [2.75, 3.05) is 6.61 Å². The van der Waals surface area contributed by atoms with Gasteiger partial charge in [0.05, 0.1) is 12.0 Å². The van der Waals surface area contributed by atoms with Gasteiger partial charge in [0, 0.05) is 6.42 Å². The summed E-state index contributed by atoms with van der Waals surface area (Å²) in [5.41, 5.74) is -0.834. The van der Waals surface area contributed by atoms with Crippen LogP contribution >= 0.6 is 0 Å². The van der Waals surface area contributed by atoms with Crippen LogP contribution in [-0.4, -0.2) is 23.7 Å². The van der Waals surface area contributed by atoms with Gasteiger partial charge in [0.15, 0.2) is 0 Å². The van der Waals surface area contributed by atoms with E-state index in [1.807, 2.05) is 0 Å². The Labute approximate surface area is 122 Å². The number of hydrogen-bond donors (Lipinski definition) is 1. The van der Waals surface area contributed by atoms with Crippen molar-refractivity contribution < 1.29 is 19.4 Å². The molecule has 118 valence electrons. The Morgan fingerprint density at radius 3 is 2.10 bits per heavy atom. The first-order chi connectivity index (χ1) is 9.40. The van der Waals surface area contributed by atoms with Crippen LogP contribution in [0.2, 0.25) is 0 Å². The maximum absolute atomic E-state index is 11.5. The van der Waals surface area contributed by atoms with E-state index in [2.05, 4.69) is 6.92 Å². The predicted octanol–water partition coefficient (Wildman–Crippen LogP) is 4.17. The van der Waals surface area contributed by atoms with Gasteiger partial charge < -0.3 is 9.84 Å². The van der Waals surface area contributed by atoms with Gasteiger partial charge in [0.2, 0.25) is 0 Å². The molecule has 0 aliphatic carbocycles. The molecule has 0 saturated carbocycles. The smallest absolute Gasteiger partial charge is 0.309 e. The molecule has 0 heterocycles. The Morgan fingerprint density at radius 2 is 1.55 bits per heavy atom. The first kappa shape index (κ1) is 18.9. The maximum atomic E-state index is 11.5. The number of carboxylic acids is 1. The molecular formula is C16H30O4. The van der Waals surface area contributed by atoms with Gasteiger partial charge in [-0.1, -0.05) is 45.4 Å². The van der Waals surface area contributed by atoms with Crippen LogP contribution in [0.25, 0.3) is 0 Å². The molecule has 4 nitrogen and oxygen atoms in total. The first-order valence-electron chi connectivity index (χ1n) is 7.79. The minimum Gasteiger partial charge on any atom is -0.481 e. The summed E-state index contributed by atoms with van der Waals surface area (Å²) in [4.78, 5) is 22.3. The van der Waals surface area contributed by atoms with Crippen molar-refractivity contribution >= 4 is 11.9 Å². The lowest BCUT2D eigenvalue weighted by Gasteiger charge is -2.18. The monoisotopic (exact) mass is 286 g/mol. The summed E-state index contributed by atoms with van der Waals surface area (Å²) in [6.45, 7) is 5.66. The second-order valence-electron chi connectivity index (χ2n) is 6.03. The van der Waals surface area contributed by atoms with E-state index in [4.69, 9.17) is 9.84 Å². The minimum atomic E-state index is -0.861. The highest BCUT2D eigenvalue weighted by molar-refractivity contribution is 5.73. The molecule has 0 unspecified atom stereocenters. The first-order valence-corrected chi connectivity index (χ1v) is 7.79. The molecule has 4 heteroatoms. The highest BCUT2D eigenvalue weighted by Crippen LogP contribution is 2.20. The summed E-state index contributed by atoms with van der Waals surface area (Å²) < 4.78 is 5.07. The summed E-state index contributed by atoms with van der Waals surface area (Å²) >= 11 is 0. The number of carbonyl (C=O) groups excluding carboxylic acids is 1. The third-order valence-corrected chi connectivity index (χ3v) is 3.55. The van der Waals surface area contributed by atoms with E-state index in [1.165, 1.54) is 32.1 Å². The van der Waals surface area contributed by atoms with E-state index in [-0.39, 0.29) is 12.6 Å². The number of rotatable bonds is 12. The molecule has 0 aliphatic heterocycles. The van der Waals surface area contributed by atoms with Gasteiger partial charge in [-0.15, -0.1) is 0 Å². The highest BCUT2D eigenvalue weighted by Gasteiger charge is 2.27. The van der Waals surface area contributed by atoms with Crippen molar-refractivity contribution in [2.24, 2.45) is 5.41 Å². The van der Waals surface area contributed by atoms with E-state index >= 15 is 0 Å². The lowest BCUT2D eigenvalue weighted by Crippen LogP contribution is -2.25. The number of aliphatic carboxylic acids is 1. The van der Waals surface area contributed by atoms with Gasteiger partial charge in [-0.2, -0.15) is 0 Å². The summed E-state index contributed by atoms with van der Waals surface area (Å²) in [5.74, 6) is -1.07. The maximum Gasteiger partial charge on any atom is 0.309 e. The molecule has 1 N–H and O–H groups in total. The average Bonchev–Trinajstić information content (AvgIpc) is 2.37. The van der Waals surface area contributed by atoms with Crippen molar-refractivity contribution in [1.82, 2.24) is 0 Å². The lowest BCUT2D eigenvalue weighted by molar-refractivity contribution is -0.151. The summed E-state index contributed by atoms with van der Waals surface area (Å²) in [5, 5.41) is 8.93. The molecule has 0 spiro atoms. The van der Waals surface area contributed by atoms with E-state index < -0.39 is 11.4 Å². The van der Waals surface area contributed by atoms with Crippen LogP contribution in [0.1, 0.15) is 78.6 Å². The zero-order chi connectivity index (χ0) is 15.4. The molecule has 0 radical (unpaired) electrons. The normalized spacial score (nSPS) is 11.3. The Kier molecular flexibility index (Phi) is 10.1. The molecule has 0 fully saturated rings. The fourth-order valence-electron chi connectivity index (χ4n) is 1.83. The molecule has 0 rings (SSSR count). The van der Waals surface area contributed by atoms with Crippen LogP contribution < -0.4 is 0 Å². The van der Waals surface area contributed by atoms with Crippen LogP contribution in [-0.2, 0) is 14.3 Å². The molecule has 20 heavy (non-hydrogen) atoms. The van der Waals surface area contributed by atoms with Crippen molar-refractivity contribution in [3.8, 4) is 0 Å². The Balaban J connectivity index is 3.49. The van der Waals surface area contributed by atoms with Crippen LogP contribution in [0.3, 0.4) is 0 Å². The van der Waals surface area contributed by atoms with E-state index in [1.54, 1.807) is 13.8 Å². The van der Waals surface area contributed by atoms with Gasteiger partial charge in [0.1, 0.15) is 0 Å². The average molecular weight is 286 g/mol. The predicted molar refractivity (Wildman–Crippen MR) is 79.6 cm³/mol. The third-order valence-electron chi connectivity index (χ3n) is 3.55. The minimum absolute atomic E-state index is 0.189. The highest BCUT2D eigenvalue weighted by atomic mass is 16.5. The van der Waals surface area contributed by atoms with E-state index in [9.17, 15) is 9.59 Å². The quantitative estimate of drug-likeness (QED) is 0.432. The van der Waals surface area contributed by atoms with Crippen molar-refractivity contribution in [2.45, 2.75) is 78.6 Å². The summed E-state index contributed by atoms with van der Waals surface area (Å²) in [7, 11) is 0. The molecule has 0 saturated heterocycles. The third kappa shape index (κ3) is 9.82. The summed E-state index contributed by atoms with van der Waals surface area (Å²) in [6.07, 6.45) is 8.99. The van der Waals surface area contributed by atoms with Gasteiger partial charge in [0.25, 0.3) is 0 Å². The number of hydrogen-bond acceptors (Lipinski definition) is 3. The summed E-state index contributed by atoms with van der Waals surface area (Å²) in [6, 6.07) is 0. The lowest BCUT2D eigenvalue weighted by atomic mass is 9.90. The topological polar surface area (TPSA) is 63.6 Å². The fraction of sp³-hybridized carbons (Fsp3) is 0.875. The number of carbonyl (C=O) groups is 2. The zero-order valence-corrected chi connectivity index (χ0v) is 13.2. The van der Waals surface area contributed by atoms with Crippen LogP contribution in [0, 0.1) is 5.41 Å². The van der Waals surface area contributed by atoms with Crippen molar-refractivity contribution in [1.29, 1.82) is 0 Å². The number of esters is 1. The molecule has 0 aliphatic rings. The molecular weight excluding hydrogens is 256 g/mol. The van der Waals surface area contributed by atoms with Crippen LogP contribution in [0.4, 0.5) is 0 Å². The van der Waals surface area contributed by atoms with E-state index in [0.29, 0.717) is 12.8 Å². The van der Waals surface area contributed by atoms with Gasteiger partial charge >= 0.3 is 11.9 Å². The van der Waals surface area contributed by atoms with Crippen molar-refractivity contribution in [3.63, 3.8) is 0 Å². The Hall–Kier alpha value is -1.06. The van der Waals surface area contributed by atoms with Crippen LogP contribution in [0.15, 0.2) is 0 Å². The number of ether oxygens (including phenoxy) is 1. The van der Waals surface area contributed by atoms with Gasteiger partial charge in [-0.25, -0.2) is 0 Å². The van der Waals surface area contributed by atoms with Gasteiger partial charge in [-0.3, -0.25) is 9.59 Å². The second-order valence-corrected chi connectivity index (χ2v) is 6.03. The van der Waals surface area contributed by atoms with E-state index in [0.717, 1.165) is 12.8 Å². The molecule has 0 bridgehead atoms. The largest absolute Gasteiger partial charge is 0.481 e. The van der Waals surface area contributed by atoms with Crippen LogP contribution in [0.5, 0.6) is 0 Å². The molecule has 0 amide bonds. The molecule has 0 aromatic carbocycles. The standard InChI is InChI=1S/C16H30O4/c1-4-5-6-7-8-9-10-11-14(17)20-13-12-16(2,3)15(18)19/h4-13H2,1-3H3,(H,18,19). The van der Waals surface area contributed by atoms with Gasteiger partial charge in [-0.05, 0) is 26.7 Å². The zero-order valence-electron chi connectivity index (χ0n) is 13.2. The Morgan fingerprint density at radius 1 is 1.00 bits per heavy atom. The Bertz CT molecular complexity index is 284. The number of carboxylic acid groups (broad SMARTS) is 1. The molecule has 0 aromatic rings. The molecule has 0 aromatic heterocycles. The molecule has 0 atom stereocenters.